The molecule has 0 aliphatic heterocycles. The van der Waals surface area contributed by atoms with Gasteiger partial charge in [0.25, 0.3) is 11.6 Å². The minimum absolute atomic E-state index is 0.00205. The van der Waals surface area contributed by atoms with Crippen LogP contribution in [0.25, 0.3) is 0 Å². The molecule has 102 valence electrons. The fourth-order valence-electron chi connectivity index (χ4n) is 1.27. The molecule has 0 radical (unpaired) electrons. The van der Waals surface area contributed by atoms with Crippen molar-refractivity contribution in [2.45, 2.75) is 0 Å². The number of nitrogens with zero attached hydrogens (tertiary/aromatic N) is 4. The number of hydrogen-bond acceptors (Lipinski definition) is 8. The van der Waals surface area contributed by atoms with Gasteiger partial charge in [-0.3, -0.25) is 20.3 Å². The molecule has 0 saturated carbocycles. The van der Waals surface area contributed by atoms with E-state index in [1.165, 1.54) is 18.3 Å². The molecule has 0 aliphatic rings. The molecule has 2 rings (SSSR count). The van der Waals surface area contributed by atoms with Gasteiger partial charge in [0.1, 0.15) is 0 Å². The topological polar surface area (TPSA) is 136 Å². The number of hydrazone groups is 1. The Morgan fingerprint density at radius 2 is 2.15 bits per heavy atom. The first-order valence-corrected chi connectivity index (χ1v) is 6.01. The number of hydrogen-bond donors (Lipinski definition) is 2. The van der Waals surface area contributed by atoms with E-state index in [0.29, 0.717) is 10.6 Å². The van der Waals surface area contributed by atoms with Gasteiger partial charge in [0, 0.05) is 23.7 Å². The molecule has 0 bridgehead atoms. The van der Waals surface area contributed by atoms with Gasteiger partial charge in [0.05, 0.1) is 11.1 Å². The summed E-state index contributed by atoms with van der Waals surface area (Å²) in [7, 11) is 0. The molecule has 0 atom stereocenters. The van der Waals surface area contributed by atoms with E-state index in [4.69, 9.17) is 5.73 Å². The molecule has 9 nitrogen and oxygen atoms in total. The van der Waals surface area contributed by atoms with Gasteiger partial charge < -0.3 is 5.73 Å². The highest BCUT2D eigenvalue weighted by Gasteiger charge is 2.12. The zero-order valence-corrected chi connectivity index (χ0v) is 10.7. The van der Waals surface area contributed by atoms with Crippen LogP contribution in [0.15, 0.2) is 29.4 Å². The number of carbonyl (C=O) groups is 1. The van der Waals surface area contributed by atoms with Gasteiger partial charge >= 0.3 is 0 Å². The first-order valence-electron chi connectivity index (χ1n) is 5.23. The van der Waals surface area contributed by atoms with E-state index in [-0.39, 0.29) is 11.4 Å². The summed E-state index contributed by atoms with van der Waals surface area (Å²) in [4.78, 5) is 21.0. The third kappa shape index (κ3) is 3.11. The quantitative estimate of drug-likeness (QED) is 0.479. The maximum atomic E-state index is 11.0. The second-order valence-electron chi connectivity index (χ2n) is 3.53. The number of primary amides is 1. The number of nitro benzene ring substituents is 1. The number of nitrogens with one attached hydrogen (secondary N) is 1. The van der Waals surface area contributed by atoms with Crippen molar-refractivity contribution >= 4 is 34.3 Å². The van der Waals surface area contributed by atoms with Gasteiger partial charge in [0.2, 0.25) is 0 Å². The van der Waals surface area contributed by atoms with E-state index < -0.39 is 10.8 Å². The zero-order valence-electron chi connectivity index (χ0n) is 9.89. The average Bonchev–Trinajstić information content (AvgIpc) is 2.88. The average molecular weight is 292 g/mol. The molecule has 0 fully saturated rings. The Kier molecular flexibility index (Phi) is 3.96. The molecular formula is C10H8N6O3S. The Morgan fingerprint density at radius 3 is 2.75 bits per heavy atom. The van der Waals surface area contributed by atoms with E-state index in [1.54, 1.807) is 12.1 Å². The zero-order chi connectivity index (χ0) is 14.5. The predicted molar refractivity (Wildman–Crippen MR) is 72.7 cm³/mol. The van der Waals surface area contributed by atoms with Gasteiger partial charge in [0.15, 0.2) is 10.7 Å². The summed E-state index contributed by atoms with van der Waals surface area (Å²) in [6.07, 6.45) is 1.44. The minimum atomic E-state index is -0.702. The second-order valence-corrected chi connectivity index (χ2v) is 4.29. The number of aromatic nitrogens is 2. The van der Waals surface area contributed by atoms with Crippen molar-refractivity contribution < 1.29 is 9.72 Å². The maximum absolute atomic E-state index is 11.0. The monoisotopic (exact) mass is 292 g/mol. The number of anilines is 1. The molecule has 3 N–H and O–H groups in total. The lowest BCUT2D eigenvalue weighted by molar-refractivity contribution is -0.384. The molecule has 2 aromatic rings. The van der Waals surface area contributed by atoms with E-state index in [2.05, 4.69) is 20.1 Å². The van der Waals surface area contributed by atoms with Crippen LogP contribution in [0.5, 0.6) is 0 Å². The summed E-state index contributed by atoms with van der Waals surface area (Å²) in [5.41, 5.74) is 8.35. The summed E-state index contributed by atoms with van der Waals surface area (Å²) in [5, 5.41) is 18.3. The van der Waals surface area contributed by atoms with Gasteiger partial charge in [-0.05, 0) is 17.7 Å². The molecule has 1 amide bonds. The van der Waals surface area contributed by atoms with E-state index in [9.17, 15) is 14.9 Å². The van der Waals surface area contributed by atoms with Crippen LogP contribution < -0.4 is 11.2 Å². The van der Waals surface area contributed by atoms with Crippen molar-refractivity contribution in [1.29, 1.82) is 0 Å². The molecule has 0 unspecified atom stereocenters. The highest BCUT2D eigenvalue weighted by molar-refractivity contribution is 7.10. The van der Waals surface area contributed by atoms with Crippen molar-refractivity contribution in [1.82, 2.24) is 9.59 Å². The Bertz CT molecular complexity index is 666. The summed E-state index contributed by atoms with van der Waals surface area (Å²) in [5.74, 6) is -0.702. The molecule has 0 aliphatic carbocycles. The highest BCUT2D eigenvalue weighted by Crippen LogP contribution is 2.16. The van der Waals surface area contributed by atoms with Crippen molar-refractivity contribution in [2.24, 2.45) is 10.8 Å². The third-order valence-corrected chi connectivity index (χ3v) is 2.84. The fourth-order valence-corrected chi connectivity index (χ4v) is 1.80. The second kappa shape index (κ2) is 5.84. The van der Waals surface area contributed by atoms with Crippen LogP contribution in [-0.2, 0) is 0 Å². The number of carbonyl (C=O) groups excluding carboxylic acids is 1. The molecular weight excluding hydrogens is 284 g/mol. The van der Waals surface area contributed by atoms with Gasteiger partial charge in [-0.15, -0.1) is 5.10 Å². The van der Waals surface area contributed by atoms with Crippen molar-refractivity contribution in [3.63, 3.8) is 0 Å². The Labute approximate surface area is 116 Å². The highest BCUT2D eigenvalue weighted by atomic mass is 32.1. The number of benzene rings is 1. The fraction of sp³-hybridized carbons (Fsp3) is 0. The molecule has 0 spiro atoms. The van der Waals surface area contributed by atoms with E-state index in [1.807, 2.05) is 0 Å². The van der Waals surface area contributed by atoms with Crippen LogP contribution in [0.1, 0.15) is 16.1 Å². The predicted octanol–water partition coefficient (Wildman–Crippen LogP) is 0.991. The van der Waals surface area contributed by atoms with Crippen LogP contribution in [0.2, 0.25) is 0 Å². The summed E-state index contributed by atoms with van der Waals surface area (Å²) in [6, 6.07) is 5.82. The van der Waals surface area contributed by atoms with Crippen LogP contribution in [-0.4, -0.2) is 26.6 Å². The first-order chi connectivity index (χ1) is 9.58. The van der Waals surface area contributed by atoms with Crippen LogP contribution >= 0.6 is 11.5 Å². The number of amides is 1. The number of nitrogens with two attached hydrogens (primary N) is 1. The van der Waals surface area contributed by atoms with Gasteiger partial charge in [-0.25, -0.2) is 0 Å². The molecule has 0 saturated heterocycles. The van der Waals surface area contributed by atoms with Crippen molar-refractivity contribution in [3.8, 4) is 0 Å². The summed E-state index contributed by atoms with van der Waals surface area (Å²) in [6.45, 7) is 0. The molecule has 20 heavy (non-hydrogen) atoms. The SMILES string of the molecule is NC(=O)c1nnsc1N/N=C/c1ccc([N+](=O)[O-])cc1. The van der Waals surface area contributed by atoms with Crippen LogP contribution in [0.4, 0.5) is 10.7 Å². The van der Waals surface area contributed by atoms with Crippen LogP contribution in [0, 0.1) is 10.1 Å². The third-order valence-electron chi connectivity index (χ3n) is 2.21. The van der Waals surface area contributed by atoms with Crippen molar-refractivity contribution in [3.05, 3.63) is 45.6 Å². The summed E-state index contributed by atoms with van der Waals surface area (Å²) < 4.78 is 3.58. The summed E-state index contributed by atoms with van der Waals surface area (Å²) >= 11 is 0.943. The lowest BCUT2D eigenvalue weighted by atomic mass is 10.2. The lowest BCUT2D eigenvalue weighted by Crippen LogP contribution is -2.13. The minimum Gasteiger partial charge on any atom is -0.364 e. The largest absolute Gasteiger partial charge is 0.364 e. The molecule has 1 aromatic heterocycles. The number of nitro groups is 1. The number of rotatable bonds is 5. The lowest BCUT2D eigenvalue weighted by Gasteiger charge is -1.96. The van der Waals surface area contributed by atoms with Crippen LogP contribution in [0.3, 0.4) is 0 Å². The molecule has 1 heterocycles. The van der Waals surface area contributed by atoms with Gasteiger partial charge in [-0.1, -0.05) is 4.49 Å². The Morgan fingerprint density at radius 1 is 1.45 bits per heavy atom. The normalized spacial score (nSPS) is 10.6. The Balaban J connectivity index is 2.04. The maximum Gasteiger partial charge on any atom is 0.272 e. The molecule has 10 heteroatoms. The number of non-ortho nitro benzene ring substituents is 1. The Hall–Kier alpha value is -2.88. The van der Waals surface area contributed by atoms with E-state index >= 15 is 0 Å². The molecule has 1 aromatic carbocycles. The van der Waals surface area contributed by atoms with Gasteiger partial charge in [-0.2, -0.15) is 5.10 Å². The standard InChI is InChI=1S/C10H8N6O3S/c11-9(17)8-10(20-15-13-8)14-12-5-6-1-3-7(4-2-6)16(18)19/h1-5,14H,(H2,11,17)/b12-5+. The van der Waals surface area contributed by atoms with Crippen molar-refractivity contribution in [2.75, 3.05) is 5.43 Å². The first kappa shape index (κ1) is 13.5. The smallest absolute Gasteiger partial charge is 0.272 e. The van der Waals surface area contributed by atoms with E-state index in [0.717, 1.165) is 11.5 Å².